The predicted molar refractivity (Wildman–Crippen MR) is 54.5 cm³/mol. The van der Waals surface area contributed by atoms with Gasteiger partial charge in [0.1, 0.15) is 5.75 Å². The van der Waals surface area contributed by atoms with E-state index >= 15 is 0 Å². The quantitative estimate of drug-likeness (QED) is 0.634. The highest BCUT2D eigenvalue weighted by atomic mass is 16.3. The number of nitrogens with zero attached hydrogens (tertiary/aromatic N) is 1. The van der Waals surface area contributed by atoms with Gasteiger partial charge in [-0.3, -0.25) is 0 Å². The molecule has 0 saturated carbocycles. The van der Waals surface area contributed by atoms with Crippen molar-refractivity contribution in [2.75, 3.05) is 23.8 Å². The van der Waals surface area contributed by atoms with Crippen molar-refractivity contribution in [2.24, 2.45) is 0 Å². The molecular formula is C10H14N2O. The zero-order valence-corrected chi connectivity index (χ0v) is 7.91. The van der Waals surface area contributed by atoms with E-state index in [-0.39, 0.29) is 0 Å². The summed E-state index contributed by atoms with van der Waals surface area (Å²) in [5.74, 6) is 0.314. The van der Waals surface area contributed by atoms with Gasteiger partial charge in [0.25, 0.3) is 0 Å². The minimum absolute atomic E-state index is 0.314. The number of benzene rings is 1. The molecule has 1 atom stereocenters. The van der Waals surface area contributed by atoms with Crippen LogP contribution in [0, 0.1) is 0 Å². The molecule has 70 valence electrons. The molecule has 2 rings (SSSR count). The van der Waals surface area contributed by atoms with Crippen LogP contribution in [-0.4, -0.2) is 24.7 Å². The Labute approximate surface area is 78.0 Å². The standard InChI is InChI=1S/C10H14N2O/c1-7-6-12(2)10-4-3-8(13)5-9(10)11-7/h3-5,7,11,13H,6H2,1-2H3. The van der Waals surface area contributed by atoms with Crippen molar-refractivity contribution in [3.8, 4) is 5.75 Å². The van der Waals surface area contributed by atoms with Crippen molar-refractivity contribution in [1.29, 1.82) is 0 Å². The SMILES string of the molecule is CC1CN(C)c2ccc(O)cc2N1. The van der Waals surface area contributed by atoms with E-state index in [0.717, 1.165) is 17.9 Å². The third kappa shape index (κ3) is 1.41. The Kier molecular flexibility index (Phi) is 1.79. The topological polar surface area (TPSA) is 35.5 Å². The van der Waals surface area contributed by atoms with Gasteiger partial charge in [-0.2, -0.15) is 0 Å². The second-order valence-electron chi connectivity index (χ2n) is 3.63. The zero-order chi connectivity index (χ0) is 9.42. The molecule has 3 nitrogen and oxygen atoms in total. The van der Waals surface area contributed by atoms with E-state index in [1.807, 2.05) is 6.07 Å². The number of rotatable bonds is 0. The Balaban J connectivity index is 2.43. The van der Waals surface area contributed by atoms with Gasteiger partial charge in [-0.1, -0.05) is 0 Å². The lowest BCUT2D eigenvalue weighted by Crippen LogP contribution is -2.37. The van der Waals surface area contributed by atoms with Crippen LogP contribution in [0.3, 0.4) is 0 Å². The number of aromatic hydroxyl groups is 1. The predicted octanol–water partition coefficient (Wildman–Crippen LogP) is 1.64. The van der Waals surface area contributed by atoms with Crippen LogP contribution >= 0.6 is 0 Å². The zero-order valence-electron chi connectivity index (χ0n) is 7.91. The van der Waals surface area contributed by atoms with Crippen LogP contribution in [0.5, 0.6) is 5.75 Å². The van der Waals surface area contributed by atoms with Crippen LogP contribution in [0.2, 0.25) is 0 Å². The lowest BCUT2D eigenvalue weighted by molar-refractivity contribution is 0.475. The van der Waals surface area contributed by atoms with Crippen LogP contribution in [0.15, 0.2) is 18.2 Å². The molecule has 0 spiro atoms. The fraction of sp³-hybridized carbons (Fsp3) is 0.400. The summed E-state index contributed by atoms with van der Waals surface area (Å²) >= 11 is 0. The molecule has 0 aromatic heterocycles. The highest BCUT2D eigenvalue weighted by molar-refractivity contribution is 5.73. The number of phenols is 1. The summed E-state index contributed by atoms with van der Waals surface area (Å²) in [4.78, 5) is 2.19. The van der Waals surface area contributed by atoms with E-state index in [0.29, 0.717) is 11.8 Å². The third-order valence-electron chi connectivity index (χ3n) is 2.34. The molecule has 0 radical (unpaired) electrons. The Bertz CT molecular complexity index is 325. The average molecular weight is 178 g/mol. The van der Waals surface area contributed by atoms with Gasteiger partial charge in [0.2, 0.25) is 0 Å². The molecule has 1 heterocycles. The van der Waals surface area contributed by atoms with Crippen molar-refractivity contribution in [1.82, 2.24) is 0 Å². The smallest absolute Gasteiger partial charge is 0.117 e. The number of phenolic OH excluding ortho intramolecular Hbond substituents is 1. The van der Waals surface area contributed by atoms with Crippen LogP contribution in [0.25, 0.3) is 0 Å². The van der Waals surface area contributed by atoms with Crippen molar-refractivity contribution in [3.63, 3.8) is 0 Å². The first-order valence-electron chi connectivity index (χ1n) is 4.47. The maximum atomic E-state index is 9.30. The molecule has 0 saturated heterocycles. The fourth-order valence-electron chi connectivity index (χ4n) is 1.79. The Morgan fingerprint density at radius 2 is 2.31 bits per heavy atom. The lowest BCUT2D eigenvalue weighted by Gasteiger charge is -2.33. The number of hydrogen-bond donors (Lipinski definition) is 2. The van der Waals surface area contributed by atoms with Crippen molar-refractivity contribution < 1.29 is 5.11 Å². The van der Waals surface area contributed by atoms with Gasteiger partial charge < -0.3 is 15.3 Å². The summed E-state index contributed by atoms with van der Waals surface area (Å²) in [5, 5.41) is 12.6. The monoisotopic (exact) mass is 178 g/mol. The van der Waals surface area contributed by atoms with Crippen molar-refractivity contribution >= 4 is 11.4 Å². The number of fused-ring (bicyclic) bond motifs is 1. The van der Waals surface area contributed by atoms with Crippen LogP contribution in [-0.2, 0) is 0 Å². The van der Waals surface area contributed by atoms with Gasteiger partial charge in [0, 0.05) is 25.7 Å². The maximum Gasteiger partial charge on any atom is 0.117 e. The van der Waals surface area contributed by atoms with Gasteiger partial charge in [-0.15, -0.1) is 0 Å². The summed E-state index contributed by atoms with van der Waals surface area (Å²) in [7, 11) is 2.06. The Morgan fingerprint density at radius 3 is 3.08 bits per heavy atom. The molecule has 13 heavy (non-hydrogen) atoms. The van der Waals surface area contributed by atoms with Crippen LogP contribution in [0.4, 0.5) is 11.4 Å². The largest absolute Gasteiger partial charge is 0.508 e. The number of anilines is 2. The highest BCUT2D eigenvalue weighted by Gasteiger charge is 2.17. The van der Waals surface area contributed by atoms with E-state index in [4.69, 9.17) is 0 Å². The highest BCUT2D eigenvalue weighted by Crippen LogP contribution is 2.32. The number of nitrogens with one attached hydrogen (secondary N) is 1. The third-order valence-corrected chi connectivity index (χ3v) is 2.34. The summed E-state index contributed by atoms with van der Waals surface area (Å²) < 4.78 is 0. The molecule has 1 aromatic rings. The van der Waals surface area contributed by atoms with Gasteiger partial charge in [0.15, 0.2) is 0 Å². The summed E-state index contributed by atoms with van der Waals surface area (Å²) in [6.45, 7) is 3.13. The molecule has 1 aliphatic rings. The Morgan fingerprint density at radius 1 is 1.54 bits per heavy atom. The van der Waals surface area contributed by atoms with E-state index in [1.54, 1.807) is 12.1 Å². The molecule has 0 aliphatic carbocycles. The minimum Gasteiger partial charge on any atom is -0.508 e. The molecule has 1 aliphatic heterocycles. The van der Waals surface area contributed by atoms with Gasteiger partial charge in [-0.25, -0.2) is 0 Å². The van der Waals surface area contributed by atoms with Gasteiger partial charge >= 0.3 is 0 Å². The normalized spacial score (nSPS) is 20.8. The lowest BCUT2D eigenvalue weighted by atomic mass is 10.1. The van der Waals surface area contributed by atoms with Gasteiger partial charge in [-0.05, 0) is 19.1 Å². The molecular weight excluding hydrogens is 164 g/mol. The molecule has 0 bridgehead atoms. The summed E-state index contributed by atoms with van der Waals surface area (Å²) in [6.07, 6.45) is 0. The average Bonchev–Trinajstić information content (AvgIpc) is 2.02. The van der Waals surface area contributed by atoms with Crippen LogP contribution < -0.4 is 10.2 Å². The number of hydrogen-bond acceptors (Lipinski definition) is 3. The van der Waals surface area contributed by atoms with E-state index in [2.05, 4.69) is 24.2 Å². The van der Waals surface area contributed by atoms with Crippen molar-refractivity contribution in [3.05, 3.63) is 18.2 Å². The van der Waals surface area contributed by atoms with E-state index < -0.39 is 0 Å². The van der Waals surface area contributed by atoms with Gasteiger partial charge in [0.05, 0.1) is 11.4 Å². The van der Waals surface area contributed by atoms with Crippen molar-refractivity contribution in [2.45, 2.75) is 13.0 Å². The molecule has 0 amide bonds. The first-order chi connectivity index (χ1) is 6.16. The Hall–Kier alpha value is -1.38. The second kappa shape index (κ2) is 2.83. The minimum atomic E-state index is 0.314. The number of likely N-dealkylation sites (N-methyl/N-ethyl adjacent to an activating group) is 1. The van der Waals surface area contributed by atoms with E-state index in [1.165, 1.54) is 0 Å². The summed E-state index contributed by atoms with van der Waals surface area (Å²) in [5.41, 5.74) is 2.16. The molecule has 0 fully saturated rings. The van der Waals surface area contributed by atoms with E-state index in [9.17, 15) is 5.11 Å². The molecule has 1 unspecified atom stereocenters. The van der Waals surface area contributed by atoms with Crippen LogP contribution in [0.1, 0.15) is 6.92 Å². The molecule has 2 N–H and O–H groups in total. The second-order valence-corrected chi connectivity index (χ2v) is 3.63. The molecule has 3 heteroatoms. The first-order valence-corrected chi connectivity index (χ1v) is 4.47. The first kappa shape index (κ1) is 8.23. The summed E-state index contributed by atoms with van der Waals surface area (Å²) in [6, 6.07) is 5.84. The maximum absolute atomic E-state index is 9.30. The fourth-order valence-corrected chi connectivity index (χ4v) is 1.79. The molecule has 1 aromatic carbocycles.